The molecule has 0 spiro atoms. The van der Waals surface area contributed by atoms with Gasteiger partial charge in [0.2, 0.25) is 0 Å². The first-order valence-corrected chi connectivity index (χ1v) is 14.0. The maximum absolute atomic E-state index is 12.8. The van der Waals surface area contributed by atoms with Gasteiger partial charge in [-0.15, -0.1) is 0 Å². The van der Waals surface area contributed by atoms with Gasteiger partial charge in [0.1, 0.15) is 17.8 Å². The Kier molecular flexibility index (Phi) is 6.75. The van der Waals surface area contributed by atoms with Crippen LogP contribution >= 0.6 is 7.60 Å². The Hall–Kier alpha value is -2.26. The number of nitrogens with two attached hydrogens (primary N) is 1. The normalized spacial score (nSPS) is 21.0. The monoisotopic (exact) mass is 487 g/mol. The van der Waals surface area contributed by atoms with E-state index in [2.05, 4.69) is 30.7 Å². The number of aryl methyl sites for hydroxylation is 1. The van der Waals surface area contributed by atoms with E-state index in [4.69, 9.17) is 14.8 Å². The number of likely N-dealkylation sites (tertiary alicyclic amines) is 1. The second kappa shape index (κ2) is 9.77. The van der Waals surface area contributed by atoms with Gasteiger partial charge in [0, 0.05) is 25.0 Å². The second-order valence-corrected chi connectivity index (χ2v) is 11.4. The lowest BCUT2D eigenvalue weighted by molar-refractivity contribution is 0.0921. The number of rotatable bonds is 11. The molecule has 184 valence electrons. The minimum absolute atomic E-state index is 0.313. The van der Waals surface area contributed by atoms with Crippen LogP contribution in [0.5, 0.6) is 0 Å². The molecule has 1 aliphatic carbocycles. The van der Waals surface area contributed by atoms with Crippen molar-refractivity contribution in [3.8, 4) is 5.69 Å². The van der Waals surface area contributed by atoms with Gasteiger partial charge in [-0.1, -0.05) is 0 Å². The molecule has 3 aromatic heterocycles. The summed E-state index contributed by atoms with van der Waals surface area (Å²) in [5.74, 6) is 1.19. The molecule has 0 amide bonds. The van der Waals surface area contributed by atoms with Gasteiger partial charge in [-0.25, -0.2) is 14.6 Å². The molecule has 10 nitrogen and oxygen atoms in total. The summed E-state index contributed by atoms with van der Waals surface area (Å²) in [5, 5.41) is 5.39. The van der Waals surface area contributed by atoms with E-state index in [9.17, 15) is 4.57 Å². The van der Waals surface area contributed by atoms with Gasteiger partial charge in [0.25, 0.3) is 0 Å². The van der Waals surface area contributed by atoms with Gasteiger partial charge >= 0.3 is 7.60 Å². The van der Waals surface area contributed by atoms with Crippen LogP contribution in [0.1, 0.15) is 44.7 Å². The van der Waals surface area contributed by atoms with Gasteiger partial charge in [0.05, 0.1) is 36.6 Å². The van der Waals surface area contributed by atoms with E-state index in [1.165, 1.54) is 32.4 Å². The molecule has 0 radical (unpaired) electrons. The molecule has 0 aromatic carbocycles. The molecule has 0 bridgehead atoms. The highest BCUT2D eigenvalue weighted by molar-refractivity contribution is 7.53. The van der Waals surface area contributed by atoms with E-state index in [0.717, 1.165) is 41.0 Å². The number of nitrogens with zero attached hydrogens (tertiary/aromatic N) is 6. The van der Waals surface area contributed by atoms with Crippen LogP contribution in [-0.4, -0.2) is 68.2 Å². The number of anilines is 1. The van der Waals surface area contributed by atoms with Gasteiger partial charge in [-0.3, -0.25) is 4.57 Å². The Morgan fingerprint density at radius 2 is 1.91 bits per heavy atom. The summed E-state index contributed by atoms with van der Waals surface area (Å²) in [6, 6.07) is 0.412. The zero-order chi connectivity index (χ0) is 23.7. The molecule has 1 aliphatic heterocycles. The van der Waals surface area contributed by atoms with Crippen molar-refractivity contribution in [2.24, 2.45) is 5.92 Å². The first-order valence-electron chi connectivity index (χ1n) is 12.2. The van der Waals surface area contributed by atoms with Gasteiger partial charge in [0.15, 0.2) is 0 Å². The van der Waals surface area contributed by atoms with Crippen molar-refractivity contribution in [1.29, 1.82) is 0 Å². The van der Waals surface area contributed by atoms with E-state index in [-0.39, 0.29) is 0 Å². The van der Waals surface area contributed by atoms with E-state index < -0.39 is 7.60 Å². The molecule has 3 aromatic rings. The van der Waals surface area contributed by atoms with Crippen LogP contribution in [0.4, 0.5) is 5.82 Å². The number of hydrogen-bond donors (Lipinski definition) is 1. The lowest BCUT2D eigenvalue weighted by Crippen LogP contribution is -2.43. The summed E-state index contributed by atoms with van der Waals surface area (Å²) in [6.07, 6.45) is 11.9. The molecule has 34 heavy (non-hydrogen) atoms. The Morgan fingerprint density at radius 3 is 2.59 bits per heavy atom. The van der Waals surface area contributed by atoms with E-state index in [1.54, 1.807) is 6.20 Å². The molecule has 1 saturated heterocycles. The Bertz CT molecular complexity index is 1170. The predicted octanol–water partition coefficient (Wildman–Crippen LogP) is 3.66. The van der Waals surface area contributed by atoms with E-state index >= 15 is 0 Å². The van der Waals surface area contributed by atoms with Crippen LogP contribution in [0.3, 0.4) is 0 Å². The standard InChI is InChI=1S/C23H34N7O3P/c1-3-32-34(31,33-4-2)9-6-17-12-27-30(14-17)20-15-29(23-21(20)22(24)25-16-26-23)19-10-18(11-19)13-28-7-5-8-28/h12,14-16,18-19H,3-11,13H2,1-2H3,(H2,24,25,26). The summed E-state index contributed by atoms with van der Waals surface area (Å²) in [4.78, 5) is 11.3. The maximum atomic E-state index is 12.8. The summed E-state index contributed by atoms with van der Waals surface area (Å²) in [7, 11) is -3.10. The Morgan fingerprint density at radius 1 is 1.15 bits per heavy atom. The second-order valence-electron chi connectivity index (χ2n) is 9.24. The summed E-state index contributed by atoms with van der Waals surface area (Å²) >= 11 is 0. The Balaban J connectivity index is 1.35. The van der Waals surface area contributed by atoms with Gasteiger partial charge < -0.3 is 24.2 Å². The first kappa shape index (κ1) is 23.5. The maximum Gasteiger partial charge on any atom is 0.330 e. The fourth-order valence-corrected chi connectivity index (χ4v) is 6.64. The molecule has 2 aliphatic rings. The predicted molar refractivity (Wildman–Crippen MR) is 131 cm³/mol. The summed E-state index contributed by atoms with van der Waals surface area (Å²) < 4.78 is 27.7. The SMILES string of the molecule is CCOP(=O)(CCc1cnn(-c2cn(C3CC(CN4CCC4)C3)c3ncnc(N)c23)c1)OCC. The van der Waals surface area contributed by atoms with Crippen LogP contribution in [0.15, 0.2) is 24.9 Å². The van der Waals surface area contributed by atoms with Crippen molar-refractivity contribution in [3.05, 3.63) is 30.5 Å². The number of fused-ring (bicyclic) bond motifs is 1. The lowest BCUT2D eigenvalue weighted by atomic mass is 9.79. The number of hydrogen-bond acceptors (Lipinski definition) is 8. The third kappa shape index (κ3) is 4.64. The summed E-state index contributed by atoms with van der Waals surface area (Å²) in [5.41, 5.74) is 8.96. The highest BCUT2D eigenvalue weighted by atomic mass is 31.2. The molecule has 11 heteroatoms. The first-order chi connectivity index (χ1) is 16.5. The topological polar surface area (TPSA) is 113 Å². The molecular weight excluding hydrogens is 453 g/mol. The van der Waals surface area contributed by atoms with Crippen LogP contribution in [0.25, 0.3) is 16.7 Å². The molecular formula is C23H34N7O3P. The van der Waals surface area contributed by atoms with Crippen LogP contribution in [0, 0.1) is 5.92 Å². The van der Waals surface area contributed by atoms with Gasteiger partial charge in [-0.05, 0) is 64.1 Å². The average molecular weight is 488 g/mol. The average Bonchev–Trinajstić information content (AvgIpc) is 3.36. The van der Waals surface area contributed by atoms with Crippen molar-refractivity contribution in [2.45, 2.75) is 45.6 Å². The molecule has 0 atom stereocenters. The molecule has 0 unspecified atom stereocenters. The third-order valence-corrected chi connectivity index (χ3v) is 8.97. The van der Waals surface area contributed by atoms with Crippen molar-refractivity contribution in [1.82, 2.24) is 29.2 Å². The van der Waals surface area contributed by atoms with Crippen LogP contribution in [-0.2, 0) is 20.0 Å². The minimum atomic E-state index is -3.10. The van der Waals surface area contributed by atoms with E-state index in [0.29, 0.717) is 37.7 Å². The fraction of sp³-hybridized carbons (Fsp3) is 0.609. The highest BCUT2D eigenvalue weighted by Crippen LogP contribution is 2.48. The van der Waals surface area contributed by atoms with Crippen molar-refractivity contribution >= 4 is 24.4 Å². The van der Waals surface area contributed by atoms with Crippen molar-refractivity contribution < 1.29 is 13.6 Å². The number of aromatic nitrogens is 5. The molecule has 1 saturated carbocycles. The van der Waals surface area contributed by atoms with Gasteiger partial charge in [-0.2, -0.15) is 5.10 Å². The smallest absolute Gasteiger partial charge is 0.330 e. The summed E-state index contributed by atoms with van der Waals surface area (Å²) in [6.45, 7) is 8.05. The van der Waals surface area contributed by atoms with Crippen molar-refractivity contribution in [3.63, 3.8) is 0 Å². The fourth-order valence-electron chi connectivity index (χ4n) is 4.99. The highest BCUT2D eigenvalue weighted by Gasteiger charge is 2.34. The zero-order valence-electron chi connectivity index (χ0n) is 20.0. The zero-order valence-corrected chi connectivity index (χ0v) is 20.9. The quantitative estimate of drug-likeness (QED) is 0.408. The van der Waals surface area contributed by atoms with E-state index in [1.807, 2.05) is 24.7 Å². The lowest BCUT2D eigenvalue weighted by Gasteiger charge is -2.42. The molecule has 2 fully saturated rings. The molecule has 4 heterocycles. The Labute approximate surface area is 200 Å². The molecule has 2 N–H and O–H groups in total. The minimum Gasteiger partial charge on any atom is -0.383 e. The largest absolute Gasteiger partial charge is 0.383 e. The third-order valence-electron chi connectivity index (χ3n) is 6.90. The number of nitrogen functional groups attached to an aromatic ring is 1. The van der Waals surface area contributed by atoms with Crippen molar-refractivity contribution in [2.75, 3.05) is 44.7 Å². The van der Waals surface area contributed by atoms with Crippen LogP contribution < -0.4 is 5.73 Å². The van der Waals surface area contributed by atoms with Crippen LogP contribution in [0.2, 0.25) is 0 Å². The molecule has 5 rings (SSSR count).